The molecule has 0 bridgehead atoms. The molecule has 0 saturated heterocycles. The molecule has 1 aromatic carbocycles. The van der Waals surface area contributed by atoms with Gasteiger partial charge >= 0.3 is 11.9 Å². The van der Waals surface area contributed by atoms with Gasteiger partial charge in [-0.05, 0) is 62.6 Å². The summed E-state index contributed by atoms with van der Waals surface area (Å²) in [5, 5.41) is 8.62. The highest BCUT2D eigenvalue weighted by molar-refractivity contribution is 5.85. The van der Waals surface area contributed by atoms with E-state index in [1.165, 1.54) is 6.08 Å². The standard InChI is InChI=1S/C16H20O5/c1-10(2)21-15(19)9-20-16-11(3)7-13(8-12(16)4)5-6-14(17)18/h5-8,10H,9H2,1-4H3,(H,17,18). The van der Waals surface area contributed by atoms with Crippen LogP contribution in [0.25, 0.3) is 6.08 Å². The van der Waals surface area contributed by atoms with Crippen molar-refractivity contribution in [3.05, 3.63) is 34.9 Å². The number of carbonyl (C=O) groups excluding carboxylic acids is 1. The summed E-state index contributed by atoms with van der Waals surface area (Å²) in [6.07, 6.45) is 2.42. The maximum atomic E-state index is 11.5. The molecule has 114 valence electrons. The first-order chi connectivity index (χ1) is 9.79. The first-order valence-electron chi connectivity index (χ1n) is 6.64. The molecule has 0 spiro atoms. The smallest absolute Gasteiger partial charge is 0.344 e. The van der Waals surface area contributed by atoms with Crippen molar-refractivity contribution in [2.75, 3.05) is 6.61 Å². The largest absolute Gasteiger partial charge is 0.481 e. The summed E-state index contributed by atoms with van der Waals surface area (Å²) >= 11 is 0. The molecule has 0 aliphatic heterocycles. The third-order valence-electron chi connectivity index (χ3n) is 2.60. The van der Waals surface area contributed by atoms with Gasteiger partial charge in [0.1, 0.15) is 5.75 Å². The molecule has 0 heterocycles. The first-order valence-corrected chi connectivity index (χ1v) is 6.64. The molecular formula is C16H20O5. The van der Waals surface area contributed by atoms with Crippen LogP contribution in [0.1, 0.15) is 30.5 Å². The molecule has 21 heavy (non-hydrogen) atoms. The van der Waals surface area contributed by atoms with Crippen LogP contribution in [0, 0.1) is 13.8 Å². The number of rotatable bonds is 6. The Morgan fingerprint density at radius 2 is 1.81 bits per heavy atom. The quantitative estimate of drug-likeness (QED) is 0.644. The van der Waals surface area contributed by atoms with E-state index >= 15 is 0 Å². The predicted molar refractivity (Wildman–Crippen MR) is 79.3 cm³/mol. The molecule has 0 aliphatic carbocycles. The van der Waals surface area contributed by atoms with Crippen molar-refractivity contribution in [3.63, 3.8) is 0 Å². The Morgan fingerprint density at radius 1 is 1.24 bits per heavy atom. The Kier molecular flexibility index (Phi) is 5.96. The number of carboxylic acid groups (broad SMARTS) is 1. The normalized spacial score (nSPS) is 10.9. The Hall–Kier alpha value is -2.30. The number of hydrogen-bond donors (Lipinski definition) is 1. The van der Waals surface area contributed by atoms with Gasteiger partial charge in [-0.1, -0.05) is 0 Å². The Morgan fingerprint density at radius 3 is 2.29 bits per heavy atom. The van der Waals surface area contributed by atoms with Crippen LogP contribution in [-0.4, -0.2) is 29.8 Å². The van der Waals surface area contributed by atoms with E-state index in [0.717, 1.165) is 22.8 Å². The molecule has 0 atom stereocenters. The van der Waals surface area contributed by atoms with Crippen molar-refractivity contribution >= 4 is 18.0 Å². The number of carboxylic acids is 1. The summed E-state index contributed by atoms with van der Waals surface area (Å²) in [5.41, 5.74) is 2.43. The molecule has 0 aliphatic rings. The number of aryl methyl sites for hydroxylation is 2. The van der Waals surface area contributed by atoms with E-state index in [0.29, 0.717) is 5.75 Å². The maximum absolute atomic E-state index is 11.5. The molecule has 0 fully saturated rings. The molecule has 0 aromatic heterocycles. The molecular weight excluding hydrogens is 272 g/mol. The Labute approximate surface area is 124 Å². The zero-order valence-electron chi connectivity index (χ0n) is 12.7. The number of carbonyl (C=O) groups is 2. The molecule has 5 nitrogen and oxygen atoms in total. The third kappa shape index (κ3) is 5.69. The van der Waals surface area contributed by atoms with E-state index in [1.54, 1.807) is 26.0 Å². The van der Waals surface area contributed by atoms with Crippen LogP contribution in [-0.2, 0) is 14.3 Å². The average Bonchev–Trinajstić information content (AvgIpc) is 2.34. The number of benzene rings is 1. The fourth-order valence-corrected chi connectivity index (χ4v) is 1.90. The lowest BCUT2D eigenvalue weighted by molar-refractivity contribution is -0.149. The molecule has 0 radical (unpaired) electrons. The van der Waals surface area contributed by atoms with Gasteiger partial charge in [0, 0.05) is 6.08 Å². The third-order valence-corrected chi connectivity index (χ3v) is 2.60. The molecule has 0 saturated carbocycles. The van der Waals surface area contributed by atoms with Gasteiger partial charge in [0.2, 0.25) is 0 Å². The number of ether oxygens (including phenoxy) is 2. The number of hydrogen-bond acceptors (Lipinski definition) is 4. The molecule has 1 N–H and O–H groups in total. The highest BCUT2D eigenvalue weighted by Gasteiger charge is 2.10. The van der Waals surface area contributed by atoms with E-state index in [4.69, 9.17) is 14.6 Å². The zero-order valence-corrected chi connectivity index (χ0v) is 12.7. The van der Waals surface area contributed by atoms with E-state index in [9.17, 15) is 9.59 Å². The van der Waals surface area contributed by atoms with Crippen molar-refractivity contribution in [2.24, 2.45) is 0 Å². The van der Waals surface area contributed by atoms with Gasteiger partial charge in [0.25, 0.3) is 0 Å². The number of esters is 1. The van der Waals surface area contributed by atoms with Crippen molar-refractivity contribution < 1.29 is 24.2 Å². The molecule has 1 rings (SSSR count). The lowest BCUT2D eigenvalue weighted by Gasteiger charge is -2.13. The lowest BCUT2D eigenvalue weighted by Crippen LogP contribution is -2.19. The zero-order chi connectivity index (χ0) is 16.0. The van der Waals surface area contributed by atoms with E-state index in [2.05, 4.69) is 0 Å². The monoisotopic (exact) mass is 292 g/mol. The summed E-state index contributed by atoms with van der Waals surface area (Å²) in [6.45, 7) is 7.09. The fourth-order valence-electron chi connectivity index (χ4n) is 1.90. The Balaban J connectivity index is 2.80. The summed E-state index contributed by atoms with van der Waals surface area (Å²) in [5.74, 6) is -0.802. The van der Waals surface area contributed by atoms with Crippen molar-refractivity contribution in [1.29, 1.82) is 0 Å². The average molecular weight is 292 g/mol. The van der Waals surface area contributed by atoms with E-state index < -0.39 is 11.9 Å². The minimum absolute atomic E-state index is 0.149. The SMILES string of the molecule is Cc1cc(C=CC(=O)O)cc(C)c1OCC(=O)OC(C)C. The second-order valence-corrected chi connectivity index (χ2v) is 4.98. The van der Waals surface area contributed by atoms with Crippen molar-refractivity contribution in [2.45, 2.75) is 33.8 Å². The van der Waals surface area contributed by atoms with Crippen LogP contribution in [0.3, 0.4) is 0 Å². The maximum Gasteiger partial charge on any atom is 0.344 e. The highest BCUT2D eigenvalue weighted by atomic mass is 16.6. The van der Waals surface area contributed by atoms with Gasteiger partial charge in [-0.2, -0.15) is 0 Å². The van der Waals surface area contributed by atoms with Gasteiger partial charge in [0.15, 0.2) is 6.61 Å². The van der Waals surface area contributed by atoms with Crippen molar-refractivity contribution in [1.82, 2.24) is 0 Å². The minimum Gasteiger partial charge on any atom is -0.481 e. The highest BCUT2D eigenvalue weighted by Crippen LogP contribution is 2.25. The van der Waals surface area contributed by atoms with Crippen molar-refractivity contribution in [3.8, 4) is 5.75 Å². The second-order valence-electron chi connectivity index (χ2n) is 4.98. The second kappa shape index (κ2) is 7.47. The summed E-state index contributed by atoms with van der Waals surface area (Å²) < 4.78 is 10.5. The molecule has 0 amide bonds. The first kappa shape index (κ1) is 16.8. The van der Waals surface area contributed by atoms with Gasteiger partial charge in [-0.15, -0.1) is 0 Å². The molecule has 5 heteroatoms. The van der Waals surface area contributed by atoms with Crippen LogP contribution in [0.15, 0.2) is 18.2 Å². The van der Waals surface area contributed by atoms with Gasteiger partial charge in [0.05, 0.1) is 6.10 Å². The van der Waals surface area contributed by atoms with Crippen LogP contribution >= 0.6 is 0 Å². The summed E-state index contributed by atoms with van der Waals surface area (Å²) in [7, 11) is 0. The summed E-state index contributed by atoms with van der Waals surface area (Å²) in [4.78, 5) is 22.0. The van der Waals surface area contributed by atoms with E-state index in [-0.39, 0.29) is 12.7 Å². The van der Waals surface area contributed by atoms with Crippen LogP contribution in [0.4, 0.5) is 0 Å². The lowest BCUT2D eigenvalue weighted by atomic mass is 10.1. The fraction of sp³-hybridized carbons (Fsp3) is 0.375. The predicted octanol–water partition coefficient (Wildman–Crippen LogP) is 2.73. The summed E-state index contributed by atoms with van der Waals surface area (Å²) in [6, 6.07) is 3.60. The van der Waals surface area contributed by atoms with Crippen LogP contribution < -0.4 is 4.74 Å². The van der Waals surface area contributed by atoms with Gasteiger partial charge in [-0.3, -0.25) is 0 Å². The molecule has 1 aromatic rings. The van der Waals surface area contributed by atoms with Gasteiger partial charge < -0.3 is 14.6 Å². The van der Waals surface area contributed by atoms with Crippen LogP contribution in [0.5, 0.6) is 5.75 Å². The topological polar surface area (TPSA) is 72.8 Å². The molecule has 0 unspecified atom stereocenters. The van der Waals surface area contributed by atoms with Crippen LogP contribution in [0.2, 0.25) is 0 Å². The van der Waals surface area contributed by atoms with Gasteiger partial charge in [-0.25, -0.2) is 9.59 Å². The van der Waals surface area contributed by atoms with E-state index in [1.807, 2.05) is 13.8 Å². The minimum atomic E-state index is -0.998. The number of aliphatic carboxylic acids is 1. The Bertz CT molecular complexity index is 535.